The first-order valence-electron chi connectivity index (χ1n) is 8.99. The van der Waals surface area contributed by atoms with Gasteiger partial charge >= 0.3 is 6.03 Å². The van der Waals surface area contributed by atoms with Gasteiger partial charge in [0, 0.05) is 18.8 Å². The number of fused-ring (bicyclic) bond motifs is 1. The number of urea groups is 1. The van der Waals surface area contributed by atoms with E-state index >= 15 is 0 Å². The zero-order chi connectivity index (χ0) is 18.0. The number of hydrogen-bond donors (Lipinski definition) is 2. The summed E-state index contributed by atoms with van der Waals surface area (Å²) in [4.78, 5) is 26.4. The molecule has 2 N–H and O–H groups in total. The van der Waals surface area contributed by atoms with Gasteiger partial charge in [0.05, 0.1) is 11.1 Å². The van der Waals surface area contributed by atoms with Crippen LogP contribution in [0.3, 0.4) is 0 Å². The number of amides is 3. The molecule has 136 valence electrons. The fraction of sp³-hybridized carbons (Fsp3) is 0.579. The van der Waals surface area contributed by atoms with E-state index in [1.54, 1.807) is 30.1 Å². The van der Waals surface area contributed by atoms with E-state index in [9.17, 15) is 9.59 Å². The Labute approximate surface area is 148 Å². The van der Waals surface area contributed by atoms with Crippen molar-refractivity contribution in [3.63, 3.8) is 0 Å². The van der Waals surface area contributed by atoms with Crippen molar-refractivity contribution in [2.75, 3.05) is 23.9 Å². The Kier molecular flexibility index (Phi) is 4.88. The smallest absolute Gasteiger partial charge is 0.319 e. The Morgan fingerprint density at radius 2 is 1.96 bits per heavy atom. The normalized spacial score (nSPS) is 20.3. The minimum absolute atomic E-state index is 0.00458. The molecule has 0 unspecified atom stereocenters. The van der Waals surface area contributed by atoms with Crippen LogP contribution in [0.1, 0.15) is 46.0 Å². The maximum atomic E-state index is 12.6. The van der Waals surface area contributed by atoms with Gasteiger partial charge in [-0.2, -0.15) is 0 Å². The first kappa shape index (κ1) is 17.6. The monoisotopic (exact) mass is 345 g/mol. The number of carbonyl (C=O) groups excluding carboxylic acids is 2. The van der Waals surface area contributed by atoms with Gasteiger partial charge in [0.2, 0.25) is 5.91 Å². The van der Waals surface area contributed by atoms with Crippen LogP contribution in [0, 0.1) is 5.41 Å². The van der Waals surface area contributed by atoms with Gasteiger partial charge in [-0.25, -0.2) is 4.79 Å². The zero-order valence-electron chi connectivity index (χ0n) is 15.2. The predicted molar refractivity (Wildman–Crippen MR) is 98.2 cm³/mol. The molecule has 6 nitrogen and oxygen atoms in total. The van der Waals surface area contributed by atoms with Crippen molar-refractivity contribution in [3.05, 3.63) is 18.2 Å². The van der Waals surface area contributed by atoms with Crippen LogP contribution in [-0.2, 0) is 4.79 Å². The molecule has 1 aliphatic heterocycles. The van der Waals surface area contributed by atoms with Crippen LogP contribution in [0.25, 0.3) is 0 Å². The van der Waals surface area contributed by atoms with Crippen LogP contribution < -0.4 is 20.3 Å². The molecule has 1 aliphatic carbocycles. The third kappa shape index (κ3) is 3.89. The Bertz CT molecular complexity index is 666. The number of nitrogens with one attached hydrogen (secondary N) is 2. The first-order valence-corrected chi connectivity index (χ1v) is 8.99. The lowest BCUT2D eigenvalue weighted by Gasteiger charge is -2.25. The molecule has 0 spiro atoms. The summed E-state index contributed by atoms with van der Waals surface area (Å²) in [7, 11) is 1.74. The van der Waals surface area contributed by atoms with Gasteiger partial charge in [-0.3, -0.25) is 4.79 Å². The van der Waals surface area contributed by atoms with Gasteiger partial charge in [-0.1, -0.05) is 19.3 Å². The third-order valence-corrected chi connectivity index (χ3v) is 4.99. The van der Waals surface area contributed by atoms with E-state index in [4.69, 9.17) is 4.74 Å². The van der Waals surface area contributed by atoms with Gasteiger partial charge in [0.1, 0.15) is 12.4 Å². The highest BCUT2D eigenvalue weighted by Gasteiger charge is 2.36. The SMILES string of the molecule is CN1C(=O)C(C)(C)COc2ccc(NC(=O)NC3CCCCC3)cc21. The molecule has 1 heterocycles. The molecule has 0 radical (unpaired) electrons. The Balaban J connectivity index is 1.71. The minimum atomic E-state index is -0.584. The fourth-order valence-corrected chi connectivity index (χ4v) is 3.46. The van der Waals surface area contributed by atoms with E-state index in [0.29, 0.717) is 23.7 Å². The average molecular weight is 345 g/mol. The van der Waals surface area contributed by atoms with Crippen molar-refractivity contribution in [1.29, 1.82) is 0 Å². The van der Waals surface area contributed by atoms with Crippen LogP contribution in [-0.4, -0.2) is 31.6 Å². The Hall–Kier alpha value is -2.24. The van der Waals surface area contributed by atoms with Crippen molar-refractivity contribution in [2.24, 2.45) is 5.41 Å². The van der Waals surface area contributed by atoms with Crippen molar-refractivity contribution < 1.29 is 14.3 Å². The first-order chi connectivity index (χ1) is 11.9. The summed E-state index contributed by atoms with van der Waals surface area (Å²) in [5.41, 5.74) is 0.737. The van der Waals surface area contributed by atoms with E-state index in [0.717, 1.165) is 12.8 Å². The number of nitrogens with zero attached hydrogens (tertiary/aromatic N) is 1. The molecule has 6 heteroatoms. The topological polar surface area (TPSA) is 70.7 Å². The quantitative estimate of drug-likeness (QED) is 0.861. The molecule has 0 aromatic heterocycles. The average Bonchev–Trinajstić information content (AvgIpc) is 2.67. The number of anilines is 2. The molecule has 0 bridgehead atoms. The second-order valence-electron chi connectivity index (χ2n) is 7.65. The summed E-state index contributed by atoms with van der Waals surface area (Å²) in [5.74, 6) is 0.648. The van der Waals surface area contributed by atoms with Gasteiger partial charge in [0.25, 0.3) is 0 Å². The number of benzene rings is 1. The van der Waals surface area contributed by atoms with Gasteiger partial charge in [0.15, 0.2) is 0 Å². The lowest BCUT2D eigenvalue weighted by Crippen LogP contribution is -2.40. The number of hydrogen-bond acceptors (Lipinski definition) is 3. The lowest BCUT2D eigenvalue weighted by molar-refractivity contribution is -0.127. The van der Waals surface area contributed by atoms with E-state index in [-0.39, 0.29) is 18.0 Å². The van der Waals surface area contributed by atoms with Crippen molar-refractivity contribution >= 4 is 23.3 Å². The number of rotatable bonds is 2. The molecule has 3 amide bonds. The fourth-order valence-electron chi connectivity index (χ4n) is 3.46. The summed E-state index contributed by atoms with van der Waals surface area (Å²) >= 11 is 0. The van der Waals surface area contributed by atoms with Crippen LogP contribution in [0.2, 0.25) is 0 Å². The maximum Gasteiger partial charge on any atom is 0.319 e. The second kappa shape index (κ2) is 6.94. The van der Waals surface area contributed by atoms with E-state index < -0.39 is 5.41 Å². The van der Waals surface area contributed by atoms with E-state index in [1.165, 1.54) is 19.3 Å². The molecule has 25 heavy (non-hydrogen) atoms. The van der Waals surface area contributed by atoms with Gasteiger partial charge in [-0.05, 0) is 44.9 Å². The van der Waals surface area contributed by atoms with Crippen LogP contribution in [0.5, 0.6) is 5.75 Å². The third-order valence-electron chi connectivity index (χ3n) is 4.99. The molecule has 1 aromatic rings. The summed E-state index contributed by atoms with van der Waals surface area (Å²) in [5, 5.41) is 5.90. The molecule has 1 fully saturated rings. The summed E-state index contributed by atoms with van der Waals surface area (Å²) in [6.07, 6.45) is 5.67. The minimum Gasteiger partial charge on any atom is -0.490 e. The lowest BCUT2D eigenvalue weighted by atomic mass is 9.93. The van der Waals surface area contributed by atoms with Gasteiger partial charge in [-0.15, -0.1) is 0 Å². The maximum absolute atomic E-state index is 12.6. The molecule has 2 aliphatic rings. The Morgan fingerprint density at radius 1 is 1.24 bits per heavy atom. The van der Waals surface area contributed by atoms with E-state index in [1.807, 2.05) is 13.8 Å². The van der Waals surface area contributed by atoms with Crippen molar-refractivity contribution in [3.8, 4) is 5.75 Å². The Morgan fingerprint density at radius 3 is 2.68 bits per heavy atom. The number of ether oxygens (including phenoxy) is 1. The molecule has 0 saturated heterocycles. The highest BCUT2D eigenvalue weighted by atomic mass is 16.5. The standard InChI is InChI=1S/C19H27N3O3/c1-19(2)12-25-16-10-9-14(11-15(16)22(3)17(19)23)21-18(24)20-13-7-5-4-6-8-13/h9-11,13H,4-8,12H2,1-3H3,(H2,20,21,24). The number of carbonyl (C=O) groups is 2. The summed E-state index contributed by atoms with van der Waals surface area (Å²) in [6.45, 7) is 4.07. The van der Waals surface area contributed by atoms with E-state index in [2.05, 4.69) is 10.6 Å². The van der Waals surface area contributed by atoms with Crippen LogP contribution in [0.4, 0.5) is 16.2 Å². The van der Waals surface area contributed by atoms with Crippen LogP contribution in [0.15, 0.2) is 18.2 Å². The van der Waals surface area contributed by atoms with Crippen molar-refractivity contribution in [2.45, 2.75) is 52.0 Å². The zero-order valence-corrected chi connectivity index (χ0v) is 15.2. The molecule has 0 atom stereocenters. The molecule has 3 rings (SSSR count). The summed E-state index contributed by atoms with van der Waals surface area (Å²) < 4.78 is 5.80. The predicted octanol–water partition coefficient (Wildman–Crippen LogP) is 3.52. The molecule has 1 saturated carbocycles. The molecular formula is C19H27N3O3. The van der Waals surface area contributed by atoms with Crippen LogP contribution >= 0.6 is 0 Å². The summed E-state index contributed by atoms with van der Waals surface area (Å²) in [6, 6.07) is 5.44. The highest BCUT2D eigenvalue weighted by Crippen LogP contribution is 2.37. The van der Waals surface area contributed by atoms with Gasteiger partial charge < -0.3 is 20.3 Å². The highest BCUT2D eigenvalue weighted by molar-refractivity contribution is 6.00. The molecular weight excluding hydrogens is 318 g/mol. The largest absolute Gasteiger partial charge is 0.490 e. The second-order valence-corrected chi connectivity index (χ2v) is 7.65. The molecule has 1 aromatic carbocycles. The van der Waals surface area contributed by atoms with Crippen molar-refractivity contribution in [1.82, 2.24) is 5.32 Å².